The summed E-state index contributed by atoms with van der Waals surface area (Å²) in [6, 6.07) is 1.60. The summed E-state index contributed by atoms with van der Waals surface area (Å²) < 4.78 is 5.54. The Hall–Kier alpha value is -0.870. The molecule has 0 amide bonds. The second kappa shape index (κ2) is 4.77. The number of likely N-dealkylation sites (N-methyl/N-ethyl adjacent to an activating group) is 1. The van der Waals surface area contributed by atoms with Crippen LogP contribution in [0.25, 0.3) is 0 Å². The summed E-state index contributed by atoms with van der Waals surface area (Å²) in [6.45, 7) is 4.74. The van der Waals surface area contributed by atoms with Gasteiger partial charge in [0.2, 0.25) is 5.88 Å². The van der Waals surface area contributed by atoms with Crippen molar-refractivity contribution in [2.75, 3.05) is 20.7 Å². The molecule has 0 bridgehead atoms. The van der Waals surface area contributed by atoms with Crippen molar-refractivity contribution < 1.29 is 4.74 Å². The highest BCUT2D eigenvalue weighted by atomic mass is 35.5. The molecule has 0 aliphatic heterocycles. The standard InChI is InChI=1S/C10H16ClN3O/c1-10(2,14(3)4)6-15-9-5-8(11)12-7-13-9/h5,7H,6H2,1-4H3. The van der Waals surface area contributed by atoms with Crippen molar-refractivity contribution in [2.24, 2.45) is 0 Å². The van der Waals surface area contributed by atoms with E-state index >= 15 is 0 Å². The third-order valence-electron chi connectivity index (χ3n) is 2.39. The van der Waals surface area contributed by atoms with Gasteiger partial charge in [0.05, 0.1) is 0 Å². The highest BCUT2D eigenvalue weighted by Gasteiger charge is 2.21. The Morgan fingerprint density at radius 2 is 2.07 bits per heavy atom. The largest absolute Gasteiger partial charge is 0.476 e. The Balaban J connectivity index is 2.57. The van der Waals surface area contributed by atoms with E-state index in [0.29, 0.717) is 17.6 Å². The zero-order valence-electron chi connectivity index (χ0n) is 9.49. The quantitative estimate of drug-likeness (QED) is 0.739. The molecule has 1 rings (SSSR count). The predicted octanol–water partition coefficient (Wildman–Crippen LogP) is 1.85. The molecule has 0 radical (unpaired) electrons. The van der Waals surface area contributed by atoms with Crippen LogP contribution in [0, 0.1) is 0 Å². The van der Waals surface area contributed by atoms with Gasteiger partial charge < -0.3 is 9.64 Å². The first-order chi connectivity index (χ1) is 6.92. The van der Waals surface area contributed by atoms with Gasteiger partial charge in [-0.1, -0.05) is 11.6 Å². The lowest BCUT2D eigenvalue weighted by molar-refractivity contribution is 0.111. The van der Waals surface area contributed by atoms with Crippen LogP contribution in [-0.2, 0) is 0 Å². The zero-order chi connectivity index (χ0) is 11.5. The summed E-state index contributed by atoms with van der Waals surface area (Å²) in [6.07, 6.45) is 1.39. The predicted molar refractivity (Wildman–Crippen MR) is 60.3 cm³/mol. The number of hydrogen-bond acceptors (Lipinski definition) is 4. The number of halogens is 1. The maximum Gasteiger partial charge on any atom is 0.217 e. The van der Waals surface area contributed by atoms with Gasteiger partial charge in [-0.3, -0.25) is 0 Å². The molecular formula is C10H16ClN3O. The molecule has 0 aliphatic rings. The first kappa shape index (κ1) is 12.2. The summed E-state index contributed by atoms with van der Waals surface area (Å²) in [5, 5.41) is 0.391. The van der Waals surface area contributed by atoms with Crippen LogP contribution < -0.4 is 4.74 Å². The highest BCUT2D eigenvalue weighted by molar-refractivity contribution is 6.29. The SMILES string of the molecule is CN(C)C(C)(C)COc1cc(Cl)ncn1. The van der Waals surface area contributed by atoms with E-state index in [1.165, 1.54) is 6.33 Å². The van der Waals surface area contributed by atoms with Gasteiger partial charge in [0.25, 0.3) is 0 Å². The van der Waals surface area contributed by atoms with Crippen molar-refractivity contribution in [3.63, 3.8) is 0 Å². The Labute approximate surface area is 95.2 Å². The zero-order valence-corrected chi connectivity index (χ0v) is 10.2. The molecule has 0 saturated heterocycles. The smallest absolute Gasteiger partial charge is 0.217 e. The molecule has 0 atom stereocenters. The van der Waals surface area contributed by atoms with Crippen molar-refractivity contribution in [1.82, 2.24) is 14.9 Å². The molecule has 84 valence electrons. The first-order valence-corrected chi connectivity index (χ1v) is 5.07. The summed E-state index contributed by atoms with van der Waals surface area (Å²) in [4.78, 5) is 9.84. The van der Waals surface area contributed by atoms with Crippen LogP contribution in [0.1, 0.15) is 13.8 Å². The molecule has 0 saturated carbocycles. The van der Waals surface area contributed by atoms with Gasteiger partial charge >= 0.3 is 0 Å². The minimum absolute atomic E-state index is 0.0442. The van der Waals surface area contributed by atoms with Gasteiger partial charge in [0.1, 0.15) is 18.1 Å². The second-order valence-corrected chi connectivity index (χ2v) is 4.56. The maximum atomic E-state index is 5.72. The monoisotopic (exact) mass is 229 g/mol. The first-order valence-electron chi connectivity index (χ1n) is 4.69. The fraction of sp³-hybridized carbons (Fsp3) is 0.600. The van der Waals surface area contributed by atoms with E-state index in [-0.39, 0.29) is 5.54 Å². The number of aromatic nitrogens is 2. The fourth-order valence-corrected chi connectivity index (χ4v) is 0.913. The number of hydrogen-bond donors (Lipinski definition) is 0. The van der Waals surface area contributed by atoms with Crippen LogP contribution >= 0.6 is 11.6 Å². The minimum Gasteiger partial charge on any atom is -0.476 e. The molecule has 0 spiro atoms. The van der Waals surface area contributed by atoms with Crippen LogP contribution in [0.15, 0.2) is 12.4 Å². The van der Waals surface area contributed by atoms with Crippen LogP contribution in [0.3, 0.4) is 0 Å². The summed E-state index contributed by atoms with van der Waals surface area (Å²) >= 11 is 5.72. The van der Waals surface area contributed by atoms with Crippen molar-refractivity contribution in [3.8, 4) is 5.88 Å². The summed E-state index contributed by atoms with van der Waals surface area (Å²) in [5.41, 5.74) is -0.0442. The topological polar surface area (TPSA) is 38.2 Å². The average Bonchev–Trinajstić information content (AvgIpc) is 2.15. The van der Waals surface area contributed by atoms with Crippen molar-refractivity contribution >= 4 is 11.6 Å². The van der Waals surface area contributed by atoms with Gasteiger partial charge in [0.15, 0.2) is 0 Å². The average molecular weight is 230 g/mol. The maximum absolute atomic E-state index is 5.72. The normalized spacial score (nSPS) is 11.9. The summed E-state index contributed by atoms with van der Waals surface area (Å²) in [5.74, 6) is 0.505. The van der Waals surface area contributed by atoms with E-state index in [2.05, 4.69) is 28.7 Å². The molecule has 4 nitrogen and oxygen atoms in total. The van der Waals surface area contributed by atoms with Crippen molar-refractivity contribution in [3.05, 3.63) is 17.5 Å². The summed E-state index contributed by atoms with van der Waals surface area (Å²) in [7, 11) is 4.02. The number of ether oxygens (including phenoxy) is 1. The Morgan fingerprint density at radius 3 is 2.60 bits per heavy atom. The number of nitrogens with zero attached hydrogens (tertiary/aromatic N) is 3. The molecule has 5 heteroatoms. The lowest BCUT2D eigenvalue weighted by Gasteiger charge is -2.31. The van der Waals surface area contributed by atoms with Crippen LogP contribution in [-0.4, -0.2) is 41.1 Å². The Bertz CT molecular complexity index is 328. The molecule has 0 N–H and O–H groups in total. The van der Waals surface area contributed by atoms with E-state index in [9.17, 15) is 0 Å². The number of rotatable bonds is 4. The van der Waals surface area contributed by atoms with E-state index < -0.39 is 0 Å². The third-order valence-corrected chi connectivity index (χ3v) is 2.60. The van der Waals surface area contributed by atoms with Crippen LogP contribution in [0.2, 0.25) is 5.15 Å². The molecule has 1 aromatic heterocycles. The molecule has 0 aliphatic carbocycles. The lowest BCUT2D eigenvalue weighted by Crippen LogP contribution is -2.43. The van der Waals surface area contributed by atoms with E-state index in [1.807, 2.05) is 14.1 Å². The fourth-order valence-electron chi connectivity index (χ4n) is 0.776. The van der Waals surface area contributed by atoms with Gasteiger partial charge in [-0.05, 0) is 27.9 Å². The molecule has 1 aromatic rings. The van der Waals surface area contributed by atoms with E-state index in [4.69, 9.17) is 16.3 Å². The molecule has 0 unspecified atom stereocenters. The highest BCUT2D eigenvalue weighted by Crippen LogP contribution is 2.15. The molecule has 15 heavy (non-hydrogen) atoms. The van der Waals surface area contributed by atoms with Gasteiger partial charge in [-0.2, -0.15) is 0 Å². The lowest BCUT2D eigenvalue weighted by atomic mass is 10.1. The van der Waals surface area contributed by atoms with E-state index in [0.717, 1.165) is 0 Å². The van der Waals surface area contributed by atoms with Gasteiger partial charge in [-0.15, -0.1) is 0 Å². The van der Waals surface area contributed by atoms with Crippen molar-refractivity contribution in [2.45, 2.75) is 19.4 Å². The Kier molecular flexibility index (Phi) is 3.88. The molecular weight excluding hydrogens is 214 g/mol. The molecule has 1 heterocycles. The second-order valence-electron chi connectivity index (χ2n) is 4.17. The van der Waals surface area contributed by atoms with Gasteiger partial charge in [-0.25, -0.2) is 9.97 Å². The van der Waals surface area contributed by atoms with Crippen LogP contribution in [0.5, 0.6) is 5.88 Å². The van der Waals surface area contributed by atoms with E-state index in [1.54, 1.807) is 6.07 Å². The van der Waals surface area contributed by atoms with Crippen LogP contribution in [0.4, 0.5) is 0 Å². The third kappa shape index (κ3) is 3.64. The Morgan fingerprint density at radius 1 is 1.40 bits per heavy atom. The van der Waals surface area contributed by atoms with Gasteiger partial charge in [0, 0.05) is 11.6 Å². The van der Waals surface area contributed by atoms with Crippen molar-refractivity contribution in [1.29, 1.82) is 0 Å². The molecule has 0 fully saturated rings. The molecule has 0 aromatic carbocycles. The minimum atomic E-state index is -0.0442.